The third-order valence-electron chi connectivity index (χ3n) is 1.98. The number of halogens is 1. The van der Waals surface area contributed by atoms with Crippen molar-refractivity contribution in [3.05, 3.63) is 39.7 Å². The molecule has 0 unspecified atom stereocenters. The Morgan fingerprint density at radius 3 is 2.75 bits per heavy atom. The lowest BCUT2D eigenvalue weighted by atomic mass is 10.1. The molecule has 0 saturated carbocycles. The second kappa shape index (κ2) is 4.67. The number of nitrogens with zero attached hydrogens (tertiary/aromatic N) is 1. The standard InChI is InChI=1S/C9H9FN2O4/c1-16-9(13)8(11)6-4-5(10)2-3-7(6)12(14)15/h2-4,8H,11H2,1H3/t8-/m0/s1. The second-order valence-corrected chi connectivity index (χ2v) is 2.96. The van der Waals surface area contributed by atoms with Crippen LogP contribution in [-0.4, -0.2) is 18.0 Å². The van der Waals surface area contributed by atoms with Crippen molar-refractivity contribution >= 4 is 11.7 Å². The van der Waals surface area contributed by atoms with E-state index in [1.54, 1.807) is 0 Å². The second-order valence-electron chi connectivity index (χ2n) is 2.96. The van der Waals surface area contributed by atoms with Gasteiger partial charge in [0.15, 0.2) is 0 Å². The first-order valence-electron chi connectivity index (χ1n) is 4.24. The number of ether oxygens (including phenoxy) is 1. The molecule has 0 aliphatic carbocycles. The first-order chi connectivity index (χ1) is 7.47. The summed E-state index contributed by atoms with van der Waals surface area (Å²) >= 11 is 0. The molecule has 86 valence electrons. The molecule has 0 aliphatic heterocycles. The average molecular weight is 228 g/mol. The van der Waals surface area contributed by atoms with Gasteiger partial charge >= 0.3 is 5.97 Å². The minimum absolute atomic E-state index is 0.211. The Kier molecular flexibility index (Phi) is 3.51. The highest BCUT2D eigenvalue weighted by molar-refractivity contribution is 5.78. The lowest BCUT2D eigenvalue weighted by Crippen LogP contribution is -2.23. The number of nitro benzene ring substituents is 1. The van der Waals surface area contributed by atoms with Crippen molar-refractivity contribution in [1.29, 1.82) is 0 Å². The molecule has 1 aromatic carbocycles. The molecule has 0 spiro atoms. The third kappa shape index (κ3) is 2.31. The molecule has 0 saturated heterocycles. The van der Waals surface area contributed by atoms with Gasteiger partial charge in [-0.05, 0) is 12.1 Å². The average Bonchev–Trinajstić information content (AvgIpc) is 2.26. The largest absolute Gasteiger partial charge is 0.468 e. The summed E-state index contributed by atoms with van der Waals surface area (Å²) in [6.45, 7) is 0. The molecule has 0 aromatic heterocycles. The van der Waals surface area contributed by atoms with Gasteiger partial charge in [-0.25, -0.2) is 9.18 Å². The number of rotatable bonds is 3. The number of carbonyl (C=O) groups excluding carboxylic acids is 1. The summed E-state index contributed by atoms with van der Waals surface area (Å²) in [7, 11) is 1.09. The topological polar surface area (TPSA) is 95.5 Å². The number of benzene rings is 1. The maximum Gasteiger partial charge on any atom is 0.327 e. The van der Waals surface area contributed by atoms with Gasteiger partial charge in [0, 0.05) is 6.07 Å². The summed E-state index contributed by atoms with van der Waals surface area (Å²) < 4.78 is 17.2. The van der Waals surface area contributed by atoms with Gasteiger partial charge in [-0.3, -0.25) is 10.1 Å². The molecular weight excluding hydrogens is 219 g/mol. The monoisotopic (exact) mass is 228 g/mol. The first-order valence-corrected chi connectivity index (χ1v) is 4.24. The molecule has 7 heteroatoms. The van der Waals surface area contributed by atoms with E-state index in [1.165, 1.54) is 0 Å². The zero-order valence-corrected chi connectivity index (χ0v) is 8.34. The summed E-state index contributed by atoms with van der Waals surface area (Å²) in [5.74, 6) is -1.58. The van der Waals surface area contributed by atoms with Crippen LogP contribution in [0, 0.1) is 15.9 Å². The fourth-order valence-corrected chi connectivity index (χ4v) is 1.19. The maximum absolute atomic E-state index is 12.9. The van der Waals surface area contributed by atoms with Crippen LogP contribution in [0.2, 0.25) is 0 Å². The van der Waals surface area contributed by atoms with Gasteiger partial charge in [0.1, 0.15) is 11.9 Å². The van der Waals surface area contributed by atoms with Gasteiger partial charge in [0.05, 0.1) is 17.6 Å². The lowest BCUT2D eigenvalue weighted by Gasteiger charge is -2.09. The zero-order chi connectivity index (χ0) is 12.3. The molecule has 1 rings (SSSR count). The molecular formula is C9H9FN2O4. The van der Waals surface area contributed by atoms with Crippen molar-refractivity contribution in [2.45, 2.75) is 6.04 Å². The molecule has 1 atom stereocenters. The molecule has 0 heterocycles. The Morgan fingerprint density at radius 1 is 1.62 bits per heavy atom. The fraction of sp³-hybridized carbons (Fsp3) is 0.222. The van der Waals surface area contributed by atoms with E-state index >= 15 is 0 Å². The summed E-state index contributed by atoms with van der Waals surface area (Å²) in [6.07, 6.45) is 0. The first kappa shape index (κ1) is 12.1. The van der Waals surface area contributed by atoms with Crippen LogP contribution in [0.1, 0.15) is 11.6 Å². The van der Waals surface area contributed by atoms with E-state index in [0.29, 0.717) is 0 Å². The van der Waals surface area contributed by atoms with Gasteiger partial charge in [0.2, 0.25) is 0 Å². The van der Waals surface area contributed by atoms with E-state index < -0.39 is 28.4 Å². The Labute approximate surface area is 90.0 Å². The quantitative estimate of drug-likeness (QED) is 0.471. The maximum atomic E-state index is 12.9. The molecule has 0 amide bonds. The number of methoxy groups -OCH3 is 1. The molecule has 1 aromatic rings. The molecule has 0 fully saturated rings. The number of esters is 1. The Balaban J connectivity index is 3.24. The van der Waals surface area contributed by atoms with Crippen LogP contribution < -0.4 is 5.73 Å². The Bertz CT molecular complexity index is 436. The normalized spacial score (nSPS) is 11.9. The fourth-order valence-electron chi connectivity index (χ4n) is 1.19. The van der Waals surface area contributed by atoms with Gasteiger partial charge < -0.3 is 10.5 Å². The highest BCUT2D eigenvalue weighted by Crippen LogP contribution is 2.25. The highest BCUT2D eigenvalue weighted by atomic mass is 19.1. The van der Waals surface area contributed by atoms with Crippen molar-refractivity contribution in [2.24, 2.45) is 5.73 Å². The molecule has 0 bridgehead atoms. The van der Waals surface area contributed by atoms with E-state index in [2.05, 4.69) is 4.74 Å². The van der Waals surface area contributed by atoms with Crippen LogP contribution in [0.3, 0.4) is 0 Å². The molecule has 0 aliphatic rings. The van der Waals surface area contributed by atoms with Crippen LogP contribution in [0.5, 0.6) is 0 Å². The number of carbonyl (C=O) groups is 1. The van der Waals surface area contributed by atoms with Crippen molar-refractivity contribution in [1.82, 2.24) is 0 Å². The zero-order valence-electron chi connectivity index (χ0n) is 8.34. The van der Waals surface area contributed by atoms with Crippen LogP contribution in [0.15, 0.2) is 18.2 Å². The van der Waals surface area contributed by atoms with E-state index in [-0.39, 0.29) is 5.56 Å². The predicted octanol–water partition coefficient (Wildman–Crippen LogP) is 0.907. The van der Waals surface area contributed by atoms with Crippen LogP contribution in [0.4, 0.5) is 10.1 Å². The van der Waals surface area contributed by atoms with Gasteiger partial charge in [-0.2, -0.15) is 0 Å². The predicted molar refractivity (Wildman–Crippen MR) is 52.0 cm³/mol. The van der Waals surface area contributed by atoms with Gasteiger partial charge in [-0.1, -0.05) is 0 Å². The number of nitro groups is 1. The van der Waals surface area contributed by atoms with Crippen molar-refractivity contribution in [3.8, 4) is 0 Å². The number of hydrogen-bond acceptors (Lipinski definition) is 5. The van der Waals surface area contributed by atoms with Crippen molar-refractivity contribution < 1.29 is 18.8 Å². The molecule has 2 N–H and O–H groups in total. The minimum Gasteiger partial charge on any atom is -0.468 e. The molecule has 16 heavy (non-hydrogen) atoms. The summed E-state index contributed by atoms with van der Waals surface area (Å²) in [5, 5.41) is 10.6. The lowest BCUT2D eigenvalue weighted by molar-refractivity contribution is -0.385. The van der Waals surface area contributed by atoms with Crippen molar-refractivity contribution in [2.75, 3.05) is 7.11 Å². The number of nitrogens with two attached hydrogens (primary N) is 1. The minimum atomic E-state index is -1.37. The summed E-state index contributed by atoms with van der Waals surface area (Å²) in [6, 6.07) is 1.35. The summed E-state index contributed by atoms with van der Waals surface area (Å²) in [5.41, 5.74) is 4.78. The van der Waals surface area contributed by atoms with E-state index in [9.17, 15) is 19.3 Å². The van der Waals surface area contributed by atoms with Gasteiger partial charge in [0.25, 0.3) is 5.69 Å². The molecule has 6 nitrogen and oxygen atoms in total. The Morgan fingerprint density at radius 2 is 2.25 bits per heavy atom. The number of hydrogen-bond donors (Lipinski definition) is 1. The van der Waals surface area contributed by atoms with Gasteiger partial charge in [-0.15, -0.1) is 0 Å². The van der Waals surface area contributed by atoms with Crippen LogP contribution >= 0.6 is 0 Å². The SMILES string of the molecule is COC(=O)[C@@H](N)c1cc(F)ccc1[N+](=O)[O-]. The van der Waals surface area contributed by atoms with Crippen LogP contribution in [0.25, 0.3) is 0 Å². The van der Waals surface area contributed by atoms with Crippen LogP contribution in [-0.2, 0) is 9.53 Å². The Hall–Kier alpha value is -2.02. The van der Waals surface area contributed by atoms with Crippen molar-refractivity contribution in [3.63, 3.8) is 0 Å². The molecule has 0 radical (unpaired) electrons. The van der Waals surface area contributed by atoms with E-state index in [4.69, 9.17) is 5.73 Å². The van der Waals surface area contributed by atoms with E-state index in [0.717, 1.165) is 25.3 Å². The van der Waals surface area contributed by atoms with E-state index in [1.807, 2.05) is 0 Å². The summed E-state index contributed by atoms with van der Waals surface area (Å²) in [4.78, 5) is 21.0. The highest BCUT2D eigenvalue weighted by Gasteiger charge is 2.25. The third-order valence-corrected chi connectivity index (χ3v) is 1.98. The smallest absolute Gasteiger partial charge is 0.327 e.